The van der Waals surface area contributed by atoms with Gasteiger partial charge in [-0.25, -0.2) is 0 Å². The summed E-state index contributed by atoms with van der Waals surface area (Å²) in [4.78, 5) is 0. The smallest absolute Gasteiger partial charge is 0.0348 e. The Kier molecular flexibility index (Phi) is 9.56. The molecular weight excluding hydrogens is 144 g/mol. The predicted molar refractivity (Wildman–Crippen MR) is 57.2 cm³/mol. The highest BCUT2D eigenvalue weighted by molar-refractivity contribution is 4.96. The first-order valence-electron chi connectivity index (χ1n) is 4.80. The molecule has 12 heavy (non-hydrogen) atoms. The number of hydrogen-bond donors (Lipinski definition) is 0. The van der Waals surface area contributed by atoms with Crippen LogP contribution in [0.1, 0.15) is 39.0 Å². The fourth-order valence-corrected chi connectivity index (χ4v) is 1.06. The normalized spacial score (nSPS) is 11.4. The van der Waals surface area contributed by atoms with E-state index in [0.717, 1.165) is 0 Å². The molecule has 0 aliphatic rings. The summed E-state index contributed by atoms with van der Waals surface area (Å²) < 4.78 is 0. The van der Waals surface area contributed by atoms with Crippen LogP contribution >= 0.6 is 0 Å². The second kappa shape index (κ2) is 10.2. The van der Waals surface area contributed by atoms with Gasteiger partial charge in [0.25, 0.3) is 0 Å². The largest absolute Gasteiger partial charge is 0.0991 e. The summed E-state index contributed by atoms with van der Waals surface area (Å²) in [6.07, 6.45) is 16.8. The van der Waals surface area contributed by atoms with Gasteiger partial charge in [0.15, 0.2) is 0 Å². The molecule has 0 aromatic carbocycles. The lowest BCUT2D eigenvalue weighted by molar-refractivity contribution is 0.696. The zero-order chi connectivity index (χ0) is 9.07. The number of allylic oxidation sites excluding steroid dienone is 5. The van der Waals surface area contributed by atoms with Crippen molar-refractivity contribution >= 4 is 0 Å². The Morgan fingerprint density at radius 2 is 1.67 bits per heavy atom. The molecule has 0 bridgehead atoms. The average Bonchev–Trinajstić information content (AvgIpc) is 2.10. The Hall–Kier alpha value is -0.780. The summed E-state index contributed by atoms with van der Waals surface area (Å²) in [7, 11) is 0. The highest BCUT2D eigenvalue weighted by atomic mass is 13.9. The SMILES string of the molecule is C=CC=CCCCCCC=CC. The zero-order valence-electron chi connectivity index (χ0n) is 8.13. The van der Waals surface area contributed by atoms with Gasteiger partial charge in [0, 0.05) is 0 Å². The molecule has 0 saturated heterocycles. The first kappa shape index (κ1) is 11.2. The van der Waals surface area contributed by atoms with Crippen molar-refractivity contribution in [1.82, 2.24) is 0 Å². The summed E-state index contributed by atoms with van der Waals surface area (Å²) in [5, 5.41) is 0. The van der Waals surface area contributed by atoms with Gasteiger partial charge in [-0.05, 0) is 32.6 Å². The van der Waals surface area contributed by atoms with Gasteiger partial charge in [0.2, 0.25) is 0 Å². The summed E-state index contributed by atoms with van der Waals surface area (Å²) >= 11 is 0. The maximum Gasteiger partial charge on any atom is -0.0348 e. The molecule has 0 nitrogen and oxygen atoms in total. The van der Waals surface area contributed by atoms with Gasteiger partial charge in [0.05, 0.1) is 0 Å². The van der Waals surface area contributed by atoms with Crippen LogP contribution in [-0.2, 0) is 0 Å². The minimum Gasteiger partial charge on any atom is -0.0991 e. The quantitative estimate of drug-likeness (QED) is 0.300. The second-order valence-electron chi connectivity index (χ2n) is 2.87. The summed E-state index contributed by atoms with van der Waals surface area (Å²) in [5.41, 5.74) is 0. The fourth-order valence-electron chi connectivity index (χ4n) is 1.06. The fraction of sp³-hybridized carbons (Fsp3) is 0.500. The number of hydrogen-bond acceptors (Lipinski definition) is 0. The highest BCUT2D eigenvalue weighted by Crippen LogP contribution is 2.04. The summed E-state index contributed by atoms with van der Waals surface area (Å²) in [5.74, 6) is 0. The van der Waals surface area contributed by atoms with Crippen LogP contribution in [0.2, 0.25) is 0 Å². The van der Waals surface area contributed by atoms with Crippen LogP contribution in [0.25, 0.3) is 0 Å². The molecule has 0 N–H and O–H groups in total. The first-order chi connectivity index (χ1) is 5.91. The maximum atomic E-state index is 3.62. The maximum absolute atomic E-state index is 3.62. The van der Waals surface area contributed by atoms with Crippen molar-refractivity contribution in [3.05, 3.63) is 37.0 Å². The molecule has 0 aliphatic heterocycles. The predicted octanol–water partition coefficient (Wildman–Crippen LogP) is 4.26. The molecule has 0 aromatic rings. The lowest BCUT2D eigenvalue weighted by atomic mass is 10.1. The van der Waals surface area contributed by atoms with Crippen molar-refractivity contribution in [2.75, 3.05) is 0 Å². The van der Waals surface area contributed by atoms with Crippen LogP contribution in [0.15, 0.2) is 37.0 Å². The standard InChI is InChI=1S/C12H20/c1-3-5-7-9-11-12-10-8-6-4-2/h3-7H,1,8-12H2,2H3. The van der Waals surface area contributed by atoms with Crippen molar-refractivity contribution < 1.29 is 0 Å². The van der Waals surface area contributed by atoms with E-state index < -0.39 is 0 Å². The molecule has 0 rings (SSSR count). The Morgan fingerprint density at radius 3 is 2.25 bits per heavy atom. The molecule has 0 amide bonds. The number of rotatable bonds is 7. The molecule has 0 spiro atoms. The second-order valence-corrected chi connectivity index (χ2v) is 2.87. The van der Waals surface area contributed by atoms with Gasteiger partial charge >= 0.3 is 0 Å². The van der Waals surface area contributed by atoms with Crippen molar-refractivity contribution in [2.24, 2.45) is 0 Å². The van der Waals surface area contributed by atoms with E-state index in [1.54, 1.807) is 0 Å². The van der Waals surface area contributed by atoms with E-state index >= 15 is 0 Å². The van der Waals surface area contributed by atoms with E-state index in [1.165, 1.54) is 32.1 Å². The first-order valence-corrected chi connectivity index (χ1v) is 4.80. The van der Waals surface area contributed by atoms with E-state index in [4.69, 9.17) is 0 Å². The minimum absolute atomic E-state index is 1.20. The van der Waals surface area contributed by atoms with E-state index in [9.17, 15) is 0 Å². The van der Waals surface area contributed by atoms with E-state index in [1.807, 2.05) is 12.2 Å². The zero-order valence-corrected chi connectivity index (χ0v) is 8.13. The summed E-state index contributed by atoms with van der Waals surface area (Å²) in [6.45, 7) is 5.70. The Bertz CT molecular complexity index is 140. The third kappa shape index (κ3) is 9.22. The van der Waals surface area contributed by atoms with E-state index in [2.05, 4.69) is 31.7 Å². The molecule has 68 valence electrons. The Morgan fingerprint density at radius 1 is 1.00 bits per heavy atom. The lowest BCUT2D eigenvalue weighted by Gasteiger charge is -1.93. The molecule has 0 unspecified atom stereocenters. The number of unbranched alkanes of at least 4 members (excludes halogenated alkanes) is 4. The van der Waals surface area contributed by atoms with Gasteiger partial charge < -0.3 is 0 Å². The Balaban J connectivity index is 3.00. The van der Waals surface area contributed by atoms with Crippen LogP contribution < -0.4 is 0 Å². The average molecular weight is 164 g/mol. The van der Waals surface area contributed by atoms with Gasteiger partial charge in [0.1, 0.15) is 0 Å². The van der Waals surface area contributed by atoms with Gasteiger partial charge in [-0.3, -0.25) is 0 Å². The third-order valence-electron chi connectivity index (χ3n) is 1.75. The molecular formula is C12H20. The summed E-state index contributed by atoms with van der Waals surface area (Å²) in [6, 6.07) is 0. The molecule has 0 saturated carbocycles. The van der Waals surface area contributed by atoms with Gasteiger partial charge in [-0.15, -0.1) is 0 Å². The van der Waals surface area contributed by atoms with Crippen molar-refractivity contribution in [2.45, 2.75) is 39.0 Å². The molecule has 0 heteroatoms. The molecule has 0 radical (unpaired) electrons. The van der Waals surface area contributed by atoms with E-state index in [-0.39, 0.29) is 0 Å². The van der Waals surface area contributed by atoms with Gasteiger partial charge in [-0.1, -0.05) is 43.4 Å². The van der Waals surface area contributed by atoms with E-state index in [0.29, 0.717) is 0 Å². The van der Waals surface area contributed by atoms with Crippen LogP contribution in [0, 0.1) is 0 Å². The van der Waals surface area contributed by atoms with Crippen LogP contribution in [-0.4, -0.2) is 0 Å². The van der Waals surface area contributed by atoms with Crippen molar-refractivity contribution in [1.29, 1.82) is 0 Å². The molecule has 0 fully saturated rings. The topological polar surface area (TPSA) is 0 Å². The van der Waals surface area contributed by atoms with Crippen LogP contribution in [0.3, 0.4) is 0 Å². The molecule has 0 aliphatic carbocycles. The molecule has 0 aromatic heterocycles. The van der Waals surface area contributed by atoms with Crippen molar-refractivity contribution in [3.63, 3.8) is 0 Å². The van der Waals surface area contributed by atoms with Crippen LogP contribution in [0.5, 0.6) is 0 Å². The highest BCUT2D eigenvalue weighted by Gasteiger charge is 1.84. The molecule has 0 atom stereocenters. The Labute approximate surface area is 76.7 Å². The lowest BCUT2D eigenvalue weighted by Crippen LogP contribution is -1.74. The third-order valence-corrected chi connectivity index (χ3v) is 1.75. The van der Waals surface area contributed by atoms with Crippen molar-refractivity contribution in [3.8, 4) is 0 Å². The minimum atomic E-state index is 1.20. The molecule has 0 heterocycles. The van der Waals surface area contributed by atoms with Gasteiger partial charge in [-0.2, -0.15) is 0 Å². The monoisotopic (exact) mass is 164 g/mol. The van der Waals surface area contributed by atoms with Crippen LogP contribution in [0.4, 0.5) is 0 Å².